The number of rotatable bonds is 3. The third kappa shape index (κ3) is 3.20. The van der Waals surface area contributed by atoms with Crippen molar-refractivity contribution < 1.29 is 4.79 Å². The monoisotopic (exact) mass is 407 g/mol. The highest BCUT2D eigenvalue weighted by atomic mass is 16.2. The molecule has 0 aliphatic carbocycles. The number of nitrogens with zero attached hydrogens (tertiary/aromatic N) is 2. The highest BCUT2D eigenvalue weighted by Gasteiger charge is 2.40. The molecule has 3 N–H and O–H groups in total. The van der Waals surface area contributed by atoms with Crippen molar-refractivity contribution in [2.75, 3.05) is 10.6 Å². The average molecular weight is 407 g/mol. The Balaban J connectivity index is 1.69. The Morgan fingerprint density at radius 3 is 2.48 bits per heavy atom. The van der Waals surface area contributed by atoms with Crippen LogP contribution in [0.15, 0.2) is 77.6 Å². The predicted octanol–water partition coefficient (Wildman–Crippen LogP) is 3.89. The molecular formula is C24H17N5O2. The number of fused-ring (bicyclic) bond motifs is 2. The van der Waals surface area contributed by atoms with Gasteiger partial charge in [-0.2, -0.15) is 10.2 Å². The van der Waals surface area contributed by atoms with Crippen molar-refractivity contribution in [1.29, 1.82) is 5.26 Å². The van der Waals surface area contributed by atoms with Crippen molar-refractivity contribution in [2.45, 2.75) is 5.92 Å². The number of H-pyrrole nitrogens is 1. The molecule has 5 rings (SSSR count). The van der Waals surface area contributed by atoms with E-state index in [0.29, 0.717) is 0 Å². The van der Waals surface area contributed by atoms with Gasteiger partial charge in [-0.15, -0.1) is 0 Å². The minimum absolute atomic E-state index is 0.164. The summed E-state index contributed by atoms with van der Waals surface area (Å²) in [6, 6.07) is 24.7. The van der Waals surface area contributed by atoms with Crippen LogP contribution >= 0.6 is 0 Å². The Hall–Kier alpha value is -4.44. The first-order valence-electron chi connectivity index (χ1n) is 9.80. The summed E-state index contributed by atoms with van der Waals surface area (Å²) in [6.45, 7) is 0. The molecule has 3 aromatic carbocycles. The van der Waals surface area contributed by atoms with Crippen LogP contribution in [0.3, 0.4) is 0 Å². The second-order valence-electron chi connectivity index (χ2n) is 7.31. The van der Waals surface area contributed by atoms with Crippen molar-refractivity contribution in [1.82, 2.24) is 9.97 Å². The largest absolute Gasteiger partial charge is 0.326 e. The van der Waals surface area contributed by atoms with Gasteiger partial charge in [-0.1, -0.05) is 60.7 Å². The van der Waals surface area contributed by atoms with Crippen molar-refractivity contribution >= 4 is 34.1 Å². The molecule has 0 bridgehead atoms. The maximum absolute atomic E-state index is 13.2. The Labute approximate surface area is 177 Å². The summed E-state index contributed by atoms with van der Waals surface area (Å²) in [4.78, 5) is 33.1. The maximum atomic E-state index is 13.2. The van der Waals surface area contributed by atoms with E-state index in [1.165, 1.54) is 0 Å². The number of carbonyl (C=O) groups is 1. The van der Waals surface area contributed by atoms with Gasteiger partial charge in [0.25, 0.3) is 5.56 Å². The minimum atomic E-state index is -1.05. The second kappa shape index (κ2) is 7.43. The normalized spacial score (nSPS) is 17.5. The molecule has 0 unspecified atom stereocenters. The van der Waals surface area contributed by atoms with Crippen molar-refractivity contribution in [3.8, 4) is 6.07 Å². The van der Waals surface area contributed by atoms with Crippen LogP contribution in [0.25, 0.3) is 10.8 Å². The van der Waals surface area contributed by atoms with Gasteiger partial charge >= 0.3 is 0 Å². The van der Waals surface area contributed by atoms with E-state index in [-0.39, 0.29) is 17.3 Å². The zero-order chi connectivity index (χ0) is 21.4. The first-order valence-corrected chi connectivity index (χ1v) is 9.80. The van der Waals surface area contributed by atoms with E-state index in [1.54, 1.807) is 0 Å². The Morgan fingerprint density at radius 1 is 0.935 bits per heavy atom. The van der Waals surface area contributed by atoms with E-state index in [4.69, 9.17) is 0 Å². The number of hydrogen-bond donors (Lipinski definition) is 3. The molecule has 0 saturated carbocycles. The predicted molar refractivity (Wildman–Crippen MR) is 118 cm³/mol. The summed E-state index contributed by atoms with van der Waals surface area (Å²) in [6.07, 6.45) is 0. The highest BCUT2D eigenvalue weighted by molar-refractivity contribution is 5.99. The molecule has 0 radical (unpaired) electrons. The lowest BCUT2D eigenvalue weighted by Crippen LogP contribution is -2.38. The van der Waals surface area contributed by atoms with Crippen LogP contribution in [-0.4, -0.2) is 15.9 Å². The molecule has 1 amide bonds. The summed E-state index contributed by atoms with van der Waals surface area (Å²) in [7, 11) is 0. The number of amides is 1. The summed E-state index contributed by atoms with van der Waals surface area (Å²) in [5.74, 6) is -1.88. The number of hydrogen-bond acceptors (Lipinski definition) is 5. The molecule has 0 spiro atoms. The molecule has 7 nitrogen and oxygen atoms in total. The van der Waals surface area contributed by atoms with Gasteiger partial charge < -0.3 is 10.6 Å². The van der Waals surface area contributed by atoms with Crippen LogP contribution in [-0.2, 0) is 4.79 Å². The number of aromatic nitrogens is 2. The number of para-hydroxylation sites is 1. The van der Waals surface area contributed by atoms with E-state index in [0.717, 1.165) is 22.0 Å². The van der Waals surface area contributed by atoms with E-state index in [1.807, 2.05) is 72.8 Å². The molecule has 0 fully saturated rings. The number of benzene rings is 3. The lowest BCUT2D eigenvalue weighted by atomic mass is 9.77. The molecular weight excluding hydrogens is 390 g/mol. The number of carbonyl (C=O) groups excluding carboxylic acids is 1. The van der Waals surface area contributed by atoms with Crippen molar-refractivity contribution in [3.63, 3.8) is 0 Å². The van der Waals surface area contributed by atoms with Gasteiger partial charge in [-0.25, -0.2) is 0 Å². The van der Waals surface area contributed by atoms with E-state index < -0.39 is 23.3 Å². The summed E-state index contributed by atoms with van der Waals surface area (Å²) < 4.78 is 0. The molecule has 1 aromatic heterocycles. The Morgan fingerprint density at radius 2 is 1.68 bits per heavy atom. The molecule has 1 aliphatic rings. The number of anilines is 3. The van der Waals surface area contributed by atoms with E-state index in [2.05, 4.69) is 26.7 Å². The second-order valence-corrected chi connectivity index (χ2v) is 7.31. The van der Waals surface area contributed by atoms with Gasteiger partial charge in [0.15, 0.2) is 0 Å². The van der Waals surface area contributed by atoms with Crippen LogP contribution < -0.4 is 16.2 Å². The standard InChI is InChI=1S/C24H17N5O2/c25-13-18-19(17-12-6-8-14-7-4-5-11-16(14)17)20-21(27-22(18)30)28-24(29-23(20)31)26-15-9-2-1-3-10-15/h1-12,18-19H,(H3,26,27,28,29,30,31)/t18-,19+/m0/s1. The number of aromatic amines is 1. The SMILES string of the molecule is N#C[C@@H]1C(=O)Nc2nc(Nc3ccccc3)[nH]c(=O)c2[C@@H]1c1cccc2ccccc12. The van der Waals surface area contributed by atoms with Gasteiger partial charge in [0, 0.05) is 11.6 Å². The summed E-state index contributed by atoms with van der Waals surface area (Å²) in [5.41, 5.74) is 1.37. The van der Waals surface area contributed by atoms with Gasteiger partial charge in [0.05, 0.1) is 11.6 Å². The van der Waals surface area contributed by atoms with Crippen molar-refractivity contribution in [2.24, 2.45) is 5.92 Å². The van der Waals surface area contributed by atoms with Crippen LogP contribution in [0.1, 0.15) is 17.0 Å². The first kappa shape index (κ1) is 18.6. The summed E-state index contributed by atoms with van der Waals surface area (Å²) in [5, 5.41) is 17.3. The molecule has 2 heterocycles. The fourth-order valence-corrected chi connectivity index (χ4v) is 4.09. The molecule has 7 heteroatoms. The lowest BCUT2D eigenvalue weighted by Gasteiger charge is -2.29. The third-order valence-electron chi connectivity index (χ3n) is 5.46. The zero-order valence-corrected chi connectivity index (χ0v) is 16.3. The Bertz CT molecular complexity index is 1400. The maximum Gasteiger partial charge on any atom is 0.258 e. The smallest absolute Gasteiger partial charge is 0.258 e. The quantitative estimate of drug-likeness (QED) is 0.477. The first-order chi connectivity index (χ1) is 15.2. The average Bonchev–Trinajstić information content (AvgIpc) is 2.78. The molecule has 1 aliphatic heterocycles. The lowest BCUT2D eigenvalue weighted by molar-refractivity contribution is -0.119. The van der Waals surface area contributed by atoms with Crippen LogP contribution in [0, 0.1) is 17.2 Å². The fraction of sp³-hybridized carbons (Fsp3) is 0.0833. The van der Waals surface area contributed by atoms with Gasteiger partial charge in [0.2, 0.25) is 11.9 Å². The number of nitriles is 1. The van der Waals surface area contributed by atoms with Gasteiger partial charge in [-0.3, -0.25) is 14.6 Å². The fourth-order valence-electron chi connectivity index (χ4n) is 4.09. The molecule has 0 saturated heterocycles. The molecule has 31 heavy (non-hydrogen) atoms. The Kier molecular flexibility index (Phi) is 4.45. The van der Waals surface area contributed by atoms with E-state index >= 15 is 0 Å². The number of nitrogens with one attached hydrogen (secondary N) is 3. The molecule has 4 aromatic rings. The minimum Gasteiger partial charge on any atom is -0.326 e. The molecule has 2 atom stereocenters. The van der Waals surface area contributed by atoms with E-state index in [9.17, 15) is 14.9 Å². The van der Waals surface area contributed by atoms with Crippen LogP contribution in [0.5, 0.6) is 0 Å². The van der Waals surface area contributed by atoms with Crippen molar-refractivity contribution in [3.05, 3.63) is 94.3 Å². The summed E-state index contributed by atoms with van der Waals surface area (Å²) >= 11 is 0. The zero-order valence-electron chi connectivity index (χ0n) is 16.3. The molecule has 150 valence electrons. The topological polar surface area (TPSA) is 111 Å². The third-order valence-corrected chi connectivity index (χ3v) is 5.46. The van der Waals surface area contributed by atoms with Crippen LogP contribution in [0.2, 0.25) is 0 Å². The van der Waals surface area contributed by atoms with Gasteiger partial charge in [0.1, 0.15) is 11.7 Å². The van der Waals surface area contributed by atoms with Gasteiger partial charge in [-0.05, 0) is 28.5 Å². The highest BCUT2D eigenvalue weighted by Crippen LogP contribution is 2.40. The van der Waals surface area contributed by atoms with Crippen LogP contribution in [0.4, 0.5) is 17.5 Å².